The van der Waals surface area contributed by atoms with Gasteiger partial charge in [-0.1, -0.05) is 6.07 Å². The summed E-state index contributed by atoms with van der Waals surface area (Å²) in [5, 5.41) is 8.06. The highest BCUT2D eigenvalue weighted by molar-refractivity contribution is 5.58. The van der Waals surface area contributed by atoms with Crippen molar-refractivity contribution in [2.24, 2.45) is 0 Å². The van der Waals surface area contributed by atoms with E-state index < -0.39 is 0 Å². The summed E-state index contributed by atoms with van der Waals surface area (Å²) < 4.78 is 16.3. The van der Waals surface area contributed by atoms with Gasteiger partial charge >= 0.3 is 0 Å². The van der Waals surface area contributed by atoms with E-state index in [4.69, 9.17) is 13.6 Å². The van der Waals surface area contributed by atoms with Crippen LogP contribution in [-0.2, 0) is 0 Å². The molecular formula is C15H14N2O3. The Labute approximate surface area is 116 Å². The van der Waals surface area contributed by atoms with Crippen LogP contribution in [0.1, 0.15) is 13.8 Å². The molecule has 0 aliphatic carbocycles. The Kier molecular flexibility index (Phi) is 3.25. The van der Waals surface area contributed by atoms with Crippen LogP contribution in [0.2, 0.25) is 0 Å². The maximum atomic E-state index is 5.65. The number of benzene rings is 1. The van der Waals surface area contributed by atoms with E-state index in [-0.39, 0.29) is 6.10 Å². The molecule has 0 spiro atoms. The number of nitrogens with zero attached hydrogens (tertiary/aromatic N) is 2. The molecule has 5 heteroatoms. The van der Waals surface area contributed by atoms with Gasteiger partial charge in [0.1, 0.15) is 12.0 Å². The predicted molar refractivity (Wildman–Crippen MR) is 73.2 cm³/mol. The Morgan fingerprint density at radius 3 is 2.55 bits per heavy atom. The summed E-state index contributed by atoms with van der Waals surface area (Å²) in [6, 6.07) is 9.35. The van der Waals surface area contributed by atoms with E-state index in [0.717, 1.165) is 16.9 Å². The van der Waals surface area contributed by atoms with Crippen LogP contribution in [0.25, 0.3) is 22.9 Å². The molecule has 20 heavy (non-hydrogen) atoms. The SMILES string of the molecule is CC(C)Oc1cccc(-c2nnc(-c3ccoc3)o2)c1. The minimum absolute atomic E-state index is 0.120. The molecule has 0 unspecified atom stereocenters. The molecular weight excluding hydrogens is 256 g/mol. The van der Waals surface area contributed by atoms with Crippen LogP contribution < -0.4 is 4.74 Å². The molecule has 2 heterocycles. The van der Waals surface area contributed by atoms with Crippen molar-refractivity contribution >= 4 is 0 Å². The molecule has 3 rings (SSSR count). The number of aromatic nitrogens is 2. The van der Waals surface area contributed by atoms with Crippen molar-refractivity contribution in [1.29, 1.82) is 0 Å². The molecule has 0 aliphatic rings. The molecule has 0 saturated carbocycles. The van der Waals surface area contributed by atoms with Crippen LogP contribution in [0.5, 0.6) is 5.75 Å². The van der Waals surface area contributed by atoms with Crippen molar-refractivity contribution < 1.29 is 13.6 Å². The molecule has 0 fully saturated rings. The largest absolute Gasteiger partial charge is 0.491 e. The Balaban J connectivity index is 1.89. The van der Waals surface area contributed by atoms with Gasteiger partial charge in [-0.25, -0.2) is 0 Å². The second-order valence-corrected chi connectivity index (χ2v) is 4.62. The number of ether oxygens (including phenoxy) is 1. The summed E-state index contributed by atoms with van der Waals surface area (Å²) in [6.07, 6.45) is 3.25. The molecule has 0 saturated heterocycles. The standard InChI is InChI=1S/C15H14N2O3/c1-10(2)19-13-5-3-4-11(8-13)14-16-17-15(20-14)12-6-7-18-9-12/h3-10H,1-2H3. The smallest absolute Gasteiger partial charge is 0.251 e. The monoisotopic (exact) mass is 270 g/mol. The summed E-state index contributed by atoms with van der Waals surface area (Å²) >= 11 is 0. The summed E-state index contributed by atoms with van der Waals surface area (Å²) in [4.78, 5) is 0. The zero-order valence-corrected chi connectivity index (χ0v) is 11.2. The molecule has 1 aromatic carbocycles. The van der Waals surface area contributed by atoms with Crippen LogP contribution >= 0.6 is 0 Å². The van der Waals surface area contributed by atoms with E-state index >= 15 is 0 Å². The minimum Gasteiger partial charge on any atom is -0.491 e. The zero-order chi connectivity index (χ0) is 13.9. The highest BCUT2D eigenvalue weighted by Crippen LogP contribution is 2.26. The topological polar surface area (TPSA) is 61.3 Å². The van der Waals surface area contributed by atoms with Gasteiger partial charge in [0.15, 0.2) is 0 Å². The predicted octanol–water partition coefficient (Wildman–Crippen LogP) is 3.78. The van der Waals surface area contributed by atoms with E-state index in [2.05, 4.69) is 10.2 Å². The van der Waals surface area contributed by atoms with Gasteiger partial charge in [-0.15, -0.1) is 10.2 Å². The fourth-order valence-electron chi connectivity index (χ4n) is 1.82. The van der Waals surface area contributed by atoms with Gasteiger partial charge in [0.25, 0.3) is 5.89 Å². The fraction of sp³-hybridized carbons (Fsp3) is 0.200. The quantitative estimate of drug-likeness (QED) is 0.721. The van der Waals surface area contributed by atoms with Gasteiger partial charge in [0, 0.05) is 5.56 Å². The number of furan rings is 1. The molecule has 0 atom stereocenters. The lowest BCUT2D eigenvalue weighted by molar-refractivity contribution is 0.242. The van der Waals surface area contributed by atoms with Crippen LogP contribution in [0.15, 0.2) is 51.7 Å². The first-order valence-corrected chi connectivity index (χ1v) is 6.35. The van der Waals surface area contributed by atoms with Crippen molar-refractivity contribution in [2.75, 3.05) is 0 Å². The summed E-state index contributed by atoms with van der Waals surface area (Å²) in [6.45, 7) is 3.97. The lowest BCUT2D eigenvalue weighted by Crippen LogP contribution is -2.05. The van der Waals surface area contributed by atoms with Crippen LogP contribution in [0.4, 0.5) is 0 Å². The van der Waals surface area contributed by atoms with Gasteiger partial charge in [-0.3, -0.25) is 0 Å². The molecule has 5 nitrogen and oxygen atoms in total. The first kappa shape index (κ1) is 12.5. The van der Waals surface area contributed by atoms with E-state index in [0.29, 0.717) is 11.8 Å². The van der Waals surface area contributed by atoms with Crippen LogP contribution in [0, 0.1) is 0 Å². The van der Waals surface area contributed by atoms with Crippen molar-refractivity contribution in [3.63, 3.8) is 0 Å². The molecule has 0 N–H and O–H groups in total. The lowest BCUT2D eigenvalue weighted by atomic mass is 10.2. The molecule has 0 radical (unpaired) electrons. The molecule has 102 valence electrons. The first-order valence-electron chi connectivity index (χ1n) is 6.35. The maximum Gasteiger partial charge on any atom is 0.251 e. The average Bonchev–Trinajstić information content (AvgIpc) is 3.09. The Hall–Kier alpha value is -2.56. The van der Waals surface area contributed by atoms with E-state index in [1.54, 1.807) is 18.6 Å². The molecule has 0 bridgehead atoms. The molecule has 0 amide bonds. The van der Waals surface area contributed by atoms with Crippen molar-refractivity contribution in [2.45, 2.75) is 20.0 Å². The Morgan fingerprint density at radius 1 is 1.05 bits per heavy atom. The van der Waals surface area contributed by atoms with Gasteiger partial charge in [-0.2, -0.15) is 0 Å². The summed E-state index contributed by atoms with van der Waals surface area (Å²) in [5.74, 6) is 1.67. The van der Waals surface area contributed by atoms with Gasteiger partial charge in [-0.05, 0) is 38.1 Å². The molecule has 0 aliphatic heterocycles. The fourth-order valence-corrected chi connectivity index (χ4v) is 1.82. The lowest BCUT2D eigenvalue weighted by Gasteiger charge is -2.09. The second-order valence-electron chi connectivity index (χ2n) is 4.62. The minimum atomic E-state index is 0.120. The number of rotatable bonds is 4. The highest BCUT2D eigenvalue weighted by Gasteiger charge is 2.12. The van der Waals surface area contributed by atoms with Crippen LogP contribution in [0.3, 0.4) is 0 Å². The summed E-state index contributed by atoms with van der Waals surface area (Å²) in [5.41, 5.74) is 1.59. The van der Waals surface area contributed by atoms with Gasteiger partial charge in [0.2, 0.25) is 5.89 Å². The van der Waals surface area contributed by atoms with E-state index in [1.165, 1.54) is 0 Å². The number of hydrogen-bond acceptors (Lipinski definition) is 5. The zero-order valence-electron chi connectivity index (χ0n) is 11.2. The van der Waals surface area contributed by atoms with Crippen molar-refractivity contribution in [3.8, 4) is 28.7 Å². The van der Waals surface area contributed by atoms with Gasteiger partial charge < -0.3 is 13.6 Å². The van der Waals surface area contributed by atoms with Crippen LogP contribution in [-0.4, -0.2) is 16.3 Å². The third-order valence-electron chi connectivity index (χ3n) is 2.65. The third-order valence-corrected chi connectivity index (χ3v) is 2.65. The van der Waals surface area contributed by atoms with Gasteiger partial charge in [0.05, 0.1) is 17.9 Å². The van der Waals surface area contributed by atoms with E-state index in [9.17, 15) is 0 Å². The second kappa shape index (κ2) is 5.21. The maximum absolute atomic E-state index is 5.65. The van der Waals surface area contributed by atoms with E-state index in [1.807, 2.05) is 38.1 Å². The normalized spacial score (nSPS) is 10.9. The van der Waals surface area contributed by atoms with Crippen molar-refractivity contribution in [1.82, 2.24) is 10.2 Å². The third kappa shape index (κ3) is 2.56. The highest BCUT2D eigenvalue weighted by atomic mass is 16.5. The summed E-state index contributed by atoms with van der Waals surface area (Å²) in [7, 11) is 0. The number of hydrogen-bond donors (Lipinski definition) is 0. The Bertz CT molecular complexity index is 687. The molecule has 2 aromatic heterocycles. The average molecular weight is 270 g/mol. The van der Waals surface area contributed by atoms with Crippen molar-refractivity contribution in [3.05, 3.63) is 42.9 Å². The Morgan fingerprint density at radius 2 is 1.85 bits per heavy atom. The molecule has 3 aromatic rings. The first-order chi connectivity index (χ1) is 9.72.